The van der Waals surface area contributed by atoms with E-state index in [0.717, 1.165) is 16.9 Å². The summed E-state index contributed by atoms with van der Waals surface area (Å²) in [4.78, 5) is 11.2. The van der Waals surface area contributed by atoms with Crippen LogP contribution in [0.1, 0.15) is 24.0 Å². The monoisotopic (exact) mass is 329 g/mol. The number of hydrogen-bond acceptors (Lipinski definition) is 3. The fourth-order valence-electron chi connectivity index (χ4n) is 3.18. The Balaban J connectivity index is 1.82. The van der Waals surface area contributed by atoms with Gasteiger partial charge in [-0.05, 0) is 36.2 Å². The van der Waals surface area contributed by atoms with E-state index in [-0.39, 0.29) is 19.4 Å². The molecule has 3 rings (SSSR count). The average Bonchev–Trinajstić information content (AvgIpc) is 2.91. The molecule has 0 spiro atoms. The highest BCUT2D eigenvalue weighted by atomic mass is 19.1. The molecule has 1 aliphatic rings. The van der Waals surface area contributed by atoms with Crippen molar-refractivity contribution in [3.63, 3.8) is 0 Å². The van der Waals surface area contributed by atoms with Gasteiger partial charge in [-0.3, -0.25) is 4.79 Å². The molecule has 0 unspecified atom stereocenters. The first kappa shape index (κ1) is 16.5. The van der Waals surface area contributed by atoms with Crippen LogP contribution in [-0.2, 0) is 10.3 Å². The molecule has 2 atom stereocenters. The Bertz CT molecular complexity index is 732. The molecule has 24 heavy (non-hydrogen) atoms. The first-order chi connectivity index (χ1) is 11.5. The van der Waals surface area contributed by atoms with Gasteiger partial charge in [0.25, 0.3) is 0 Å². The van der Waals surface area contributed by atoms with Crippen LogP contribution in [-0.4, -0.2) is 23.8 Å². The van der Waals surface area contributed by atoms with Crippen molar-refractivity contribution in [3.05, 3.63) is 59.7 Å². The Hall–Kier alpha value is -2.40. The summed E-state index contributed by atoms with van der Waals surface area (Å²) in [5.74, 6) is 0.485. The van der Waals surface area contributed by atoms with Crippen molar-refractivity contribution in [2.24, 2.45) is 0 Å². The zero-order chi connectivity index (χ0) is 17.2. The van der Waals surface area contributed by atoms with Gasteiger partial charge in [-0.2, -0.15) is 0 Å². The second kappa shape index (κ2) is 6.61. The largest absolute Gasteiger partial charge is 0.481 e. The van der Waals surface area contributed by atoms with Crippen LogP contribution in [0.5, 0.6) is 11.5 Å². The van der Waals surface area contributed by atoms with Crippen molar-refractivity contribution >= 4 is 5.97 Å². The van der Waals surface area contributed by atoms with E-state index in [2.05, 4.69) is 5.32 Å². The molecule has 2 aromatic rings. The molecule has 1 saturated heterocycles. The highest BCUT2D eigenvalue weighted by molar-refractivity contribution is 5.69. The fraction of sp³-hybridized carbons (Fsp3) is 0.316. The Morgan fingerprint density at radius 2 is 2.00 bits per heavy atom. The minimum absolute atomic E-state index is 0.147. The Kier molecular flexibility index (Phi) is 4.53. The third kappa shape index (κ3) is 3.41. The number of rotatable bonds is 5. The van der Waals surface area contributed by atoms with Crippen molar-refractivity contribution in [1.29, 1.82) is 0 Å². The molecular formula is C19H20FNO3. The van der Waals surface area contributed by atoms with Gasteiger partial charge in [0.2, 0.25) is 0 Å². The molecule has 1 heterocycles. The lowest BCUT2D eigenvalue weighted by Gasteiger charge is -2.28. The molecule has 0 radical (unpaired) electrons. The van der Waals surface area contributed by atoms with Crippen molar-refractivity contribution in [2.45, 2.75) is 31.5 Å². The lowest BCUT2D eigenvalue weighted by atomic mass is 9.85. The third-order valence-electron chi connectivity index (χ3n) is 4.41. The highest BCUT2D eigenvalue weighted by Gasteiger charge is 2.42. The van der Waals surface area contributed by atoms with Crippen LogP contribution in [0.4, 0.5) is 4.39 Å². The van der Waals surface area contributed by atoms with Gasteiger partial charge in [0, 0.05) is 13.0 Å². The number of hydrogen-bond donors (Lipinski definition) is 2. The lowest BCUT2D eigenvalue weighted by molar-refractivity contribution is -0.138. The summed E-state index contributed by atoms with van der Waals surface area (Å²) < 4.78 is 19.5. The maximum atomic E-state index is 13.7. The van der Waals surface area contributed by atoms with Gasteiger partial charge in [-0.15, -0.1) is 0 Å². The molecule has 5 heteroatoms. The number of benzene rings is 2. The summed E-state index contributed by atoms with van der Waals surface area (Å²) in [7, 11) is 0. The second-order valence-electron chi connectivity index (χ2n) is 6.23. The number of ether oxygens (including phenoxy) is 1. The van der Waals surface area contributed by atoms with Crippen LogP contribution < -0.4 is 10.1 Å². The number of carboxylic acid groups (broad SMARTS) is 1. The van der Waals surface area contributed by atoms with Crippen LogP contribution >= 0.6 is 0 Å². The van der Waals surface area contributed by atoms with E-state index in [9.17, 15) is 14.3 Å². The Labute approximate surface area is 140 Å². The van der Waals surface area contributed by atoms with Crippen LogP contribution in [0.2, 0.25) is 0 Å². The standard InChI is InChI=1S/C19H20FNO3/c1-13-4-2-3-5-17(13)24-16-8-6-14(7-9-16)19(11-18(22)23)10-15(20)12-21-19/h2-9,15,21H,10-12H2,1H3,(H,22,23)/t15-,19-/m0/s1. The zero-order valence-corrected chi connectivity index (χ0v) is 13.5. The summed E-state index contributed by atoms with van der Waals surface area (Å²) in [5, 5.41) is 12.2. The molecule has 0 aromatic heterocycles. The molecule has 0 saturated carbocycles. The van der Waals surface area contributed by atoms with Gasteiger partial charge in [-0.25, -0.2) is 4.39 Å². The summed E-state index contributed by atoms with van der Waals surface area (Å²) in [6, 6.07) is 14.9. The minimum Gasteiger partial charge on any atom is -0.481 e. The molecule has 1 aliphatic heterocycles. The SMILES string of the molecule is Cc1ccccc1Oc1ccc([C@@]2(CC(=O)O)C[C@H](F)CN2)cc1. The molecule has 126 valence electrons. The second-order valence-corrected chi connectivity index (χ2v) is 6.23. The van der Waals surface area contributed by atoms with Gasteiger partial charge in [0.15, 0.2) is 0 Å². The summed E-state index contributed by atoms with van der Waals surface area (Å²) in [6.07, 6.45) is -1.02. The molecule has 1 fully saturated rings. The van der Waals surface area contributed by atoms with Gasteiger partial charge in [-0.1, -0.05) is 30.3 Å². The summed E-state index contributed by atoms with van der Waals surface area (Å²) >= 11 is 0. The van der Waals surface area contributed by atoms with Crippen molar-refractivity contribution in [2.75, 3.05) is 6.54 Å². The van der Waals surface area contributed by atoms with Gasteiger partial charge < -0.3 is 15.2 Å². The quantitative estimate of drug-likeness (QED) is 0.876. The average molecular weight is 329 g/mol. The van der Waals surface area contributed by atoms with Crippen LogP contribution in [0.25, 0.3) is 0 Å². The minimum atomic E-state index is -1.03. The van der Waals surface area contributed by atoms with E-state index in [4.69, 9.17) is 4.74 Å². The number of carboxylic acids is 1. The number of para-hydroxylation sites is 1. The molecular weight excluding hydrogens is 309 g/mol. The number of alkyl halides is 1. The molecule has 0 aliphatic carbocycles. The maximum Gasteiger partial charge on any atom is 0.305 e. The van der Waals surface area contributed by atoms with Gasteiger partial charge >= 0.3 is 5.97 Å². The van der Waals surface area contributed by atoms with Crippen molar-refractivity contribution in [1.82, 2.24) is 5.32 Å². The molecule has 4 nitrogen and oxygen atoms in total. The number of halogens is 1. The predicted molar refractivity (Wildman–Crippen MR) is 89.1 cm³/mol. The van der Waals surface area contributed by atoms with E-state index >= 15 is 0 Å². The third-order valence-corrected chi connectivity index (χ3v) is 4.41. The number of nitrogens with one attached hydrogen (secondary N) is 1. The van der Waals surface area contributed by atoms with Gasteiger partial charge in [0.1, 0.15) is 17.7 Å². The summed E-state index contributed by atoms with van der Waals surface area (Å²) in [6.45, 7) is 2.14. The fourth-order valence-corrected chi connectivity index (χ4v) is 3.18. The molecule has 2 N–H and O–H groups in total. The van der Waals surface area contributed by atoms with Gasteiger partial charge in [0.05, 0.1) is 12.0 Å². The maximum absolute atomic E-state index is 13.7. The van der Waals surface area contributed by atoms with E-state index in [0.29, 0.717) is 5.75 Å². The lowest BCUT2D eigenvalue weighted by Crippen LogP contribution is -2.38. The van der Waals surface area contributed by atoms with Crippen molar-refractivity contribution < 1.29 is 19.0 Å². The normalized spacial score (nSPS) is 23.2. The van der Waals surface area contributed by atoms with E-state index in [1.165, 1.54) is 0 Å². The number of aryl methyl sites for hydroxylation is 1. The van der Waals surface area contributed by atoms with E-state index < -0.39 is 17.7 Å². The molecule has 2 aromatic carbocycles. The first-order valence-corrected chi connectivity index (χ1v) is 7.93. The smallest absolute Gasteiger partial charge is 0.305 e. The summed E-state index contributed by atoms with van der Waals surface area (Å²) in [5.41, 5.74) is 0.941. The number of carbonyl (C=O) groups is 1. The van der Waals surface area contributed by atoms with Crippen molar-refractivity contribution in [3.8, 4) is 11.5 Å². The predicted octanol–water partition coefficient (Wildman–Crippen LogP) is 3.79. The molecule has 0 amide bonds. The Morgan fingerprint density at radius 3 is 2.58 bits per heavy atom. The van der Waals surface area contributed by atoms with Crippen LogP contribution in [0.15, 0.2) is 48.5 Å². The van der Waals surface area contributed by atoms with E-state index in [1.54, 1.807) is 12.1 Å². The van der Waals surface area contributed by atoms with Crippen LogP contribution in [0.3, 0.4) is 0 Å². The topological polar surface area (TPSA) is 58.6 Å². The zero-order valence-electron chi connectivity index (χ0n) is 13.5. The highest BCUT2D eigenvalue weighted by Crippen LogP contribution is 2.36. The Morgan fingerprint density at radius 1 is 1.29 bits per heavy atom. The number of aliphatic carboxylic acids is 1. The van der Waals surface area contributed by atoms with Crippen LogP contribution in [0, 0.1) is 6.92 Å². The van der Waals surface area contributed by atoms with E-state index in [1.807, 2.05) is 43.3 Å². The molecule has 0 bridgehead atoms. The first-order valence-electron chi connectivity index (χ1n) is 7.93.